The van der Waals surface area contributed by atoms with Crippen LogP contribution in [-0.4, -0.2) is 37.9 Å². The number of hydrogen-bond acceptors (Lipinski definition) is 3. The molecule has 1 amide bonds. The molecule has 0 heterocycles. The zero-order valence-corrected chi connectivity index (χ0v) is 14.2. The van der Waals surface area contributed by atoms with Gasteiger partial charge >= 0.3 is 0 Å². The Morgan fingerprint density at radius 3 is 1.95 bits per heavy atom. The number of hydrogen-bond donors (Lipinski definition) is 1. The summed E-state index contributed by atoms with van der Waals surface area (Å²) in [4.78, 5) is 11.5. The van der Waals surface area contributed by atoms with E-state index in [0.717, 1.165) is 26.1 Å². The summed E-state index contributed by atoms with van der Waals surface area (Å²) in [5.41, 5.74) is 0.0678. The van der Waals surface area contributed by atoms with E-state index in [-0.39, 0.29) is 16.9 Å². The zero-order chi connectivity index (χ0) is 15.6. The van der Waals surface area contributed by atoms with E-state index in [1.807, 2.05) is 20.8 Å². The molecule has 0 unspecified atom stereocenters. The third-order valence-corrected chi connectivity index (χ3v) is 2.35. The van der Waals surface area contributed by atoms with E-state index in [9.17, 15) is 4.79 Å². The van der Waals surface area contributed by atoms with Gasteiger partial charge in [-0.2, -0.15) is 0 Å². The highest BCUT2D eigenvalue weighted by Crippen LogP contribution is 2.12. The minimum atomic E-state index is -0.165. The summed E-state index contributed by atoms with van der Waals surface area (Å²) in [6, 6.07) is 0. The van der Waals surface area contributed by atoms with Crippen molar-refractivity contribution in [3.8, 4) is 0 Å². The van der Waals surface area contributed by atoms with Crippen molar-refractivity contribution in [2.24, 2.45) is 5.41 Å². The lowest BCUT2D eigenvalue weighted by molar-refractivity contribution is -0.123. The van der Waals surface area contributed by atoms with Crippen LogP contribution >= 0.6 is 0 Å². The SMILES string of the molecule is CC(C)(C)COCCCCOCCC(=O)NC(C)(C)C. The van der Waals surface area contributed by atoms with Crippen LogP contribution in [0.25, 0.3) is 0 Å². The highest BCUT2D eigenvalue weighted by Gasteiger charge is 2.13. The van der Waals surface area contributed by atoms with Crippen LogP contribution in [0.5, 0.6) is 0 Å². The Morgan fingerprint density at radius 2 is 1.45 bits per heavy atom. The fourth-order valence-corrected chi connectivity index (χ4v) is 1.53. The first kappa shape index (κ1) is 19.4. The molecule has 0 aromatic heterocycles. The Morgan fingerprint density at radius 1 is 0.900 bits per heavy atom. The van der Waals surface area contributed by atoms with E-state index in [1.54, 1.807) is 0 Å². The number of unbranched alkanes of at least 4 members (excludes halogenated alkanes) is 1. The second-order valence-corrected chi connectivity index (χ2v) is 7.48. The van der Waals surface area contributed by atoms with E-state index < -0.39 is 0 Å². The minimum absolute atomic E-state index is 0.0472. The molecule has 0 aliphatic heterocycles. The molecule has 0 saturated carbocycles. The molecule has 0 rings (SSSR count). The highest BCUT2D eigenvalue weighted by molar-refractivity contribution is 5.76. The molecular weight excluding hydrogens is 254 g/mol. The van der Waals surface area contributed by atoms with Gasteiger partial charge in [-0.1, -0.05) is 20.8 Å². The predicted molar refractivity (Wildman–Crippen MR) is 82.8 cm³/mol. The van der Waals surface area contributed by atoms with Gasteiger partial charge in [-0.3, -0.25) is 4.79 Å². The first-order chi connectivity index (χ1) is 9.10. The van der Waals surface area contributed by atoms with Crippen molar-refractivity contribution in [3.05, 3.63) is 0 Å². The van der Waals surface area contributed by atoms with Gasteiger partial charge in [-0.15, -0.1) is 0 Å². The molecule has 0 aromatic carbocycles. The Balaban J connectivity index is 3.31. The number of nitrogens with one attached hydrogen (secondary N) is 1. The maximum absolute atomic E-state index is 11.5. The molecule has 0 fully saturated rings. The lowest BCUT2D eigenvalue weighted by Gasteiger charge is -2.20. The third-order valence-electron chi connectivity index (χ3n) is 2.35. The van der Waals surface area contributed by atoms with Crippen LogP contribution in [0.3, 0.4) is 0 Å². The summed E-state index contributed by atoms with van der Waals surface area (Å²) in [6.07, 6.45) is 2.41. The van der Waals surface area contributed by atoms with Crippen molar-refractivity contribution in [2.75, 3.05) is 26.4 Å². The third kappa shape index (κ3) is 15.4. The molecule has 0 saturated heterocycles. The van der Waals surface area contributed by atoms with Gasteiger partial charge in [0.1, 0.15) is 0 Å². The number of carbonyl (C=O) groups excluding carboxylic acids is 1. The summed E-state index contributed by atoms with van der Waals surface area (Å²) in [5.74, 6) is 0.0472. The summed E-state index contributed by atoms with van der Waals surface area (Å²) in [6.45, 7) is 15.2. The predicted octanol–water partition coefficient (Wildman–Crippen LogP) is 3.15. The van der Waals surface area contributed by atoms with Crippen LogP contribution in [-0.2, 0) is 14.3 Å². The van der Waals surface area contributed by atoms with E-state index in [0.29, 0.717) is 19.6 Å². The van der Waals surface area contributed by atoms with Crippen molar-refractivity contribution in [1.29, 1.82) is 0 Å². The molecule has 0 bridgehead atoms. The molecule has 1 N–H and O–H groups in total. The number of amides is 1. The second-order valence-electron chi connectivity index (χ2n) is 7.48. The second kappa shape index (κ2) is 9.35. The molecule has 120 valence electrons. The quantitative estimate of drug-likeness (QED) is 0.663. The molecule has 4 heteroatoms. The van der Waals surface area contributed by atoms with Gasteiger partial charge in [0.25, 0.3) is 0 Å². The number of carbonyl (C=O) groups is 1. The molecule has 0 aliphatic carbocycles. The van der Waals surface area contributed by atoms with Gasteiger partial charge in [-0.25, -0.2) is 0 Å². The van der Waals surface area contributed by atoms with Crippen molar-refractivity contribution in [2.45, 2.75) is 66.3 Å². The Kier molecular flexibility index (Phi) is 9.06. The van der Waals surface area contributed by atoms with Crippen LogP contribution in [0.4, 0.5) is 0 Å². The van der Waals surface area contributed by atoms with E-state index >= 15 is 0 Å². The minimum Gasteiger partial charge on any atom is -0.381 e. The van der Waals surface area contributed by atoms with Crippen LogP contribution in [0.2, 0.25) is 0 Å². The number of ether oxygens (including phenoxy) is 2. The van der Waals surface area contributed by atoms with Gasteiger partial charge in [0.15, 0.2) is 0 Å². The topological polar surface area (TPSA) is 47.6 Å². The molecule has 20 heavy (non-hydrogen) atoms. The average Bonchev–Trinajstić information content (AvgIpc) is 2.22. The molecule has 0 aromatic rings. The average molecular weight is 287 g/mol. The van der Waals surface area contributed by atoms with Crippen molar-refractivity contribution < 1.29 is 14.3 Å². The van der Waals surface area contributed by atoms with Crippen LogP contribution in [0.15, 0.2) is 0 Å². The van der Waals surface area contributed by atoms with Gasteiger partial charge in [0, 0.05) is 25.2 Å². The zero-order valence-electron chi connectivity index (χ0n) is 14.2. The lowest BCUT2D eigenvalue weighted by atomic mass is 9.99. The largest absolute Gasteiger partial charge is 0.381 e. The lowest BCUT2D eigenvalue weighted by Crippen LogP contribution is -2.40. The smallest absolute Gasteiger partial charge is 0.222 e. The Labute approximate surface area is 124 Å². The van der Waals surface area contributed by atoms with Crippen molar-refractivity contribution in [1.82, 2.24) is 5.32 Å². The summed E-state index contributed by atoms with van der Waals surface area (Å²) in [7, 11) is 0. The highest BCUT2D eigenvalue weighted by atomic mass is 16.5. The molecule has 0 atom stereocenters. The van der Waals surface area contributed by atoms with Crippen LogP contribution < -0.4 is 5.32 Å². The van der Waals surface area contributed by atoms with Crippen LogP contribution in [0, 0.1) is 5.41 Å². The molecule has 4 nitrogen and oxygen atoms in total. The molecular formula is C16H33NO3. The standard InChI is InChI=1S/C16H33NO3/c1-15(2,3)13-20-11-8-7-10-19-12-9-14(18)17-16(4,5)6/h7-13H2,1-6H3,(H,17,18). The molecule has 0 spiro atoms. The van der Waals surface area contributed by atoms with Crippen LogP contribution in [0.1, 0.15) is 60.8 Å². The molecule has 0 radical (unpaired) electrons. The van der Waals surface area contributed by atoms with Gasteiger partial charge in [-0.05, 0) is 39.0 Å². The van der Waals surface area contributed by atoms with Gasteiger partial charge in [0.2, 0.25) is 5.91 Å². The van der Waals surface area contributed by atoms with Crippen molar-refractivity contribution >= 4 is 5.91 Å². The summed E-state index contributed by atoms with van der Waals surface area (Å²) < 4.78 is 11.0. The first-order valence-electron chi connectivity index (χ1n) is 7.57. The first-order valence-corrected chi connectivity index (χ1v) is 7.57. The Bertz CT molecular complexity index is 264. The monoisotopic (exact) mass is 287 g/mol. The van der Waals surface area contributed by atoms with E-state index in [4.69, 9.17) is 9.47 Å². The maximum atomic E-state index is 11.5. The van der Waals surface area contributed by atoms with E-state index in [1.165, 1.54) is 0 Å². The number of rotatable bonds is 9. The fraction of sp³-hybridized carbons (Fsp3) is 0.938. The normalized spacial score (nSPS) is 12.5. The summed E-state index contributed by atoms with van der Waals surface area (Å²) >= 11 is 0. The summed E-state index contributed by atoms with van der Waals surface area (Å²) in [5, 5.41) is 2.91. The van der Waals surface area contributed by atoms with Gasteiger partial charge < -0.3 is 14.8 Å². The maximum Gasteiger partial charge on any atom is 0.222 e. The molecule has 0 aliphatic rings. The fourth-order valence-electron chi connectivity index (χ4n) is 1.53. The Hall–Kier alpha value is -0.610. The van der Waals surface area contributed by atoms with Gasteiger partial charge in [0.05, 0.1) is 13.2 Å². The van der Waals surface area contributed by atoms with Crippen molar-refractivity contribution in [3.63, 3.8) is 0 Å². The van der Waals surface area contributed by atoms with E-state index in [2.05, 4.69) is 26.1 Å².